The zero-order valence-corrected chi connectivity index (χ0v) is 16.3. The van der Waals surface area contributed by atoms with Crippen molar-refractivity contribution in [2.75, 3.05) is 19.6 Å². The van der Waals surface area contributed by atoms with E-state index < -0.39 is 11.9 Å². The minimum atomic E-state index is -0.776. The summed E-state index contributed by atoms with van der Waals surface area (Å²) in [5, 5.41) is 13.5. The third kappa shape index (κ3) is 3.57. The van der Waals surface area contributed by atoms with Crippen LogP contribution in [-0.4, -0.2) is 47.5 Å². The quantitative estimate of drug-likeness (QED) is 0.818. The molecule has 0 aromatic heterocycles. The van der Waals surface area contributed by atoms with E-state index in [4.69, 9.17) is 21.3 Å². The van der Waals surface area contributed by atoms with Gasteiger partial charge in [-0.15, -0.1) is 0 Å². The molecule has 2 heterocycles. The molecule has 2 aliphatic heterocycles. The van der Waals surface area contributed by atoms with E-state index in [2.05, 4.69) is 10.2 Å². The van der Waals surface area contributed by atoms with Crippen LogP contribution < -0.4 is 10.1 Å². The van der Waals surface area contributed by atoms with E-state index in [9.17, 15) is 9.90 Å². The second-order valence-electron chi connectivity index (χ2n) is 7.01. The van der Waals surface area contributed by atoms with Gasteiger partial charge in [-0.05, 0) is 36.8 Å². The molecule has 0 amide bonds. The molecule has 6 nitrogen and oxygen atoms in total. The number of amidine groups is 1. The predicted molar refractivity (Wildman–Crippen MR) is 109 cm³/mol. The van der Waals surface area contributed by atoms with Gasteiger partial charge in [-0.3, -0.25) is 4.79 Å². The van der Waals surface area contributed by atoms with Gasteiger partial charge in [0, 0.05) is 30.7 Å². The molecule has 0 spiro atoms. The Hall–Kier alpha value is -2.57. The molecule has 2 N–H and O–H groups in total. The van der Waals surface area contributed by atoms with Gasteiger partial charge in [0.25, 0.3) is 0 Å². The van der Waals surface area contributed by atoms with Crippen LogP contribution in [0, 0.1) is 5.92 Å². The van der Waals surface area contributed by atoms with Gasteiger partial charge in [0.2, 0.25) is 0 Å². The van der Waals surface area contributed by atoms with Crippen molar-refractivity contribution in [1.29, 1.82) is 0 Å². The van der Waals surface area contributed by atoms with Gasteiger partial charge in [0.05, 0.1) is 11.5 Å². The zero-order valence-electron chi connectivity index (χ0n) is 15.6. The Labute approximate surface area is 168 Å². The molecule has 1 unspecified atom stereocenters. The monoisotopic (exact) mass is 399 g/mol. The van der Waals surface area contributed by atoms with Crippen LogP contribution >= 0.6 is 11.6 Å². The number of aliphatic imine (C=N–C) groups is 1. The highest BCUT2D eigenvalue weighted by Crippen LogP contribution is 2.39. The smallest absolute Gasteiger partial charge is 0.308 e. The molecule has 2 aliphatic rings. The van der Waals surface area contributed by atoms with Gasteiger partial charge < -0.3 is 20.1 Å². The number of hydrogen-bond acceptors (Lipinski definition) is 5. The lowest BCUT2D eigenvalue weighted by molar-refractivity contribution is -0.143. The molecule has 146 valence electrons. The molecular formula is C21H22ClN3O3. The van der Waals surface area contributed by atoms with Crippen LogP contribution in [0.3, 0.4) is 0 Å². The normalized spacial score (nSPS) is 19.6. The average molecular weight is 400 g/mol. The summed E-state index contributed by atoms with van der Waals surface area (Å²) in [6.45, 7) is 3.87. The minimum absolute atomic E-state index is 0.152. The number of carboxylic acid groups (broad SMARTS) is 1. The van der Waals surface area contributed by atoms with Gasteiger partial charge in [0.15, 0.2) is 5.75 Å². The average Bonchev–Trinajstić information content (AvgIpc) is 2.85. The van der Waals surface area contributed by atoms with Crippen molar-refractivity contribution in [2.45, 2.75) is 19.4 Å². The van der Waals surface area contributed by atoms with E-state index in [1.165, 1.54) is 0 Å². The van der Waals surface area contributed by atoms with Crippen molar-refractivity contribution >= 4 is 29.1 Å². The molecule has 0 radical (unpaired) electrons. The number of benzene rings is 2. The van der Waals surface area contributed by atoms with Gasteiger partial charge >= 0.3 is 5.97 Å². The molecule has 2 aromatic carbocycles. The van der Waals surface area contributed by atoms with Crippen molar-refractivity contribution in [2.24, 2.45) is 10.9 Å². The lowest BCUT2D eigenvalue weighted by Crippen LogP contribution is -2.56. The van der Waals surface area contributed by atoms with Crippen LogP contribution in [0.15, 0.2) is 47.5 Å². The number of nitrogens with zero attached hydrogens (tertiary/aromatic N) is 2. The summed E-state index contributed by atoms with van der Waals surface area (Å²) in [6.07, 6.45) is 0.571. The van der Waals surface area contributed by atoms with Gasteiger partial charge in [-0.1, -0.05) is 30.7 Å². The Balaban J connectivity index is 1.75. The third-order valence-corrected chi connectivity index (χ3v) is 5.48. The number of carbonyl (C=O) groups is 1. The number of piperazine rings is 1. The maximum atomic E-state index is 11.6. The first-order chi connectivity index (χ1) is 13.6. The first-order valence-corrected chi connectivity index (χ1v) is 9.81. The minimum Gasteiger partial charge on any atom is -0.481 e. The Morgan fingerprint density at radius 3 is 2.96 bits per heavy atom. The number of carboxylic acids is 1. The van der Waals surface area contributed by atoms with Crippen LogP contribution in [0.25, 0.3) is 0 Å². The maximum absolute atomic E-state index is 11.6. The second kappa shape index (κ2) is 7.81. The Bertz CT molecular complexity index is 931. The Kier molecular flexibility index (Phi) is 5.24. The zero-order chi connectivity index (χ0) is 19.7. The first-order valence-electron chi connectivity index (χ1n) is 9.43. The van der Waals surface area contributed by atoms with Crippen molar-refractivity contribution < 1.29 is 14.6 Å². The molecule has 0 saturated carbocycles. The lowest BCUT2D eigenvalue weighted by Gasteiger charge is -2.38. The number of rotatable bonds is 3. The molecular weight excluding hydrogens is 378 g/mol. The van der Waals surface area contributed by atoms with E-state index in [1.54, 1.807) is 6.07 Å². The number of ether oxygens (including phenoxy) is 1. The summed E-state index contributed by atoms with van der Waals surface area (Å²) in [4.78, 5) is 18.7. The molecule has 0 aliphatic carbocycles. The lowest BCUT2D eigenvalue weighted by atomic mass is 9.94. The molecule has 7 heteroatoms. The second-order valence-corrected chi connectivity index (χ2v) is 7.44. The molecule has 1 saturated heterocycles. The predicted octanol–water partition coefficient (Wildman–Crippen LogP) is 3.91. The summed E-state index contributed by atoms with van der Waals surface area (Å²) in [5.41, 5.74) is 1.55. The van der Waals surface area contributed by atoms with E-state index in [-0.39, 0.29) is 6.04 Å². The van der Waals surface area contributed by atoms with Crippen molar-refractivity contribution in [3.05, 3.63) is 53.1 Å². The molecule has 0 bridgehead atoms. The molecule has 2 aromatic rings. The fraction of sp³-hybridized carbons (Fsp3) is 0.333. The van der Waals surface area contributed by atoms with Gasteiger partial charge in [0.1, 0.15) is 17.3 Å². The Morgan fingerprint density at radius 1 is 1.36 bits per heavy atom. The fourth-order valence-corrected chi connectivity index (χ4v) is 3.98. The molecule has 2 atom stereocenters. The Morgan fingerprint density at radius 2 is 2.18 bits per heavy atom. The number of fused-ring (bicyclic) bond motifs is 2. The van der Waals surface area contributed by atoms with Crippen LogP contribution in [0.5, 0.6) is 11.5 Å². The molecule has 28 heavy (non-hydrogen) atoms. The summed E-state index contributed by atoms with van der Waals surface area (Å²) < 4.78 is 6.10. The maximum Gasteiger partial charge on any atom is 0.308 e. The SMILES string of the molecule is CC[C@H](C(=O)O)C1CN(C2=Nc3ccccc3Oc3ccc(Cl)cc32)CCN1. The number of halogens is 1. The molecule has 4 rings (SSSR count). The van der Waals surface area contributed by atoms with E-state index >= 15 is 0 Å². The standard InChI is InChI=1S/C21H22ClN3O3/c1-2-14(21(26)27)17-12-25(10-9-23-17)20-15-11-13(22)7-8-18(15)28-19-6-4-3-5-16(19)24-20/h3-8,11,14,17,23H,2,9-10,12H2,1H3,(H,26,27)/t14-,17?/m0/s1. The van der Waals surface area contributed by atoms with E-state index in [0.717, 1.165) is 23.6 Å². The number of para-hydroxylation sites is 2. The summed E-state index contributed by atoms with van der Waals surface area (Å²) in [7, 11) is 0. The highest BCUT2D eigenvalue weighted by Gasteiger charge is 2.33. The first kappa shape index (κ1) is 18.8. The fourth-order valence-electron chi connectivity index (χ4n) is 3.81. The van der Waals surface area contributed by atoms with Crippen LogP contribution in [0.2, 0.25) is 5.02 Å². The van der Waals surface area contributed by atoms with Crippen molar-refractivity contribution in [3.8, 4) is 11.5 Å². The topological polar surface area (TPSA) is 74.2 Å². The highest BCUT2D eigenvalue weighted by atomic mass is 35.5. The van der Waals surface area contributed by atoms with Crippen LogP contribution in [0.4, 0.5) is 5.69 Å². The molecule has 1 fully saturated rings. The summed E-state index contributed by atoms with van der Waals surface area (Å²) >= 11 is 6.27. The van der Waals surface area contributed by atoms with Crippen LogP contribution in [-0.2, 0) is 4.79 Å². The number of aliphatic carboxylic acids is 1. The van der Waals surface area contributed by atoms with E-state index in [1.807, 2.05) is 43.3 Å². The number of hydrogen-bond donors (Lipinski definition) is 2. The largest absolute Gasteiger partial charge is 0.481 e. The van der Waals surface area contributed by atoms with Gasteiger partial charge in [-0.2, -0.15) is 0 Å². The number of nitrogens with one attached hydrogen (secondary N) is 1. The van der Waals surface area contributed by atoms with E-state index in [0.29, 0.717) is 36.0 Å². The third-order valence-electron chi connectivity index (χ3n) is 5.24. The van der Waals surface area contributed by atoms with Crippen molar-refractivity contribution in [3.63, 3.8) is 0 Å². The van der Waals surface area contributed by atoms with Crippen molar-refractivity contribution in [1.82, 2.24) is 10.2 Å². The summed E-state index contributed by atoms with van der Waals surface area (Å²) in [6, 6.07) is 13.0. The van der Waals surface area contributed by atoms with Crippen LogP contribution in [0.1, 0.15) is 18.9 Å². The van der Waals surface area contributed by atoms with Gasteiger partial charge in [-0.25, -0.2) is 4.99 Å². The summed E-state index contributed by atoms with van der Waals surface area (Å²) in [5.74, 6) is 0.908. The highest BCUT2D eigenvalue weighted by molar-refractivity contribution is 6.31.